The number of hydrogen-bond donors (Lipinski definition) is 0. The first-order chi connectivity index (χ1) is 26.1. The number of carbonyl (C=O) groups excluding carboxylic acids is 4. The third-order valence-corrected chi connectivity index (χ3v) is 12.5. The van der Waals surface area contributed by atoms with E-state index in [1.807, 2.05) is 82.6 Å². The molecule has 4 aromatic rings. The van der Waals surface area contributed by atoms with E-state index in [-0.39, 0.29) is 46.0 Å². The summed E-state index contributed by atoms with van der Waals surface area (Å²) < 4.78 is 0. The van der Waals surface area contributed by atoms with Gasteiger partial charge in [-0.2, -0.15) is 0 Å². The van der Waals surface area contributed by atoms with Gasteiger partial charge in [-0.3, -0.25) is 29.1 Å². The molecular weight excluding hydrogens is 719 g/mol. The van der Waals surface area contributed by atoms with Gasteiger partial charge in [0, 0.05) is 59.7 Å². The summed E-state index contributed by atoms with van der Waals surface area (Å²) in [5.41, 5.74) is 2.14. The van der Waals surface area contributed by atoms with Crippen molar-refractivity contribution >= 4 is 58.0 Å². The van der Waals surface area contributed by atoms with Crippen molar-refractivity contribution in [3.05, 3.63) is 119 Å². The number of halogens is 2. The maximum absolute atomic E-state index is 13.3. The fraction of sp³-hybridized carbons (Fsp3) is 0.409. The van der Waals surface area contributed by atoms with Gasteiger partial charge in [-0.15, -0.1) is 0 Å². The summed E-state index contributed by atoms with van der Waals surface area (Å²) in [5, 5.41) is 1.28. The average molecular weight is 766 g/mol. The molecule has 2 aliphatic heterocycles. The second kappa shape index (κ2) is 16.5. The van der Waals surface area contributed by atoms with Gasteiger partial charge >= 0.3 is 0 Å². The Kier molecular flexibility index (Phi) is 11.6. The number of anilines is 2. The topological polar surface area (TPSA) is 101 Å². The van der Waals surface area contributed by atoms with Crippen LogP contribution in [0.25, 0.3) is 0 Å². The van der Waals surface area contributed by atoms with E-state index in [1.54, 1.807) is 24.5 Å². The Bertz CT molecular complexity index is 1850. The predicted molar refractivity (Wildman–Crippen MR) is 212 cm³/mol. The van der Waals surface area contributed by atoms with Gasteiger partial charge in [0.15, 0.2) is 11.6 Å². The van der Waals surface area contributed by atoms with Gasteiger partial charge in [0.2, 0.25) is 11.8 Å². The first-order valence-electron chi connectivity index (χ1n) is 19.2. The van der Waals surface area contributed by atoms with E-state index in [1.165, 1.54) is 0 Å². The van der Waals surface area contributed by atoms with Crippen LogP contribution in [0.2, 0.25) is 10.0 Å². The minimum atomic E-state index is -0.324. The van der Waals surface area contributed by atoms with Crippen LogP contribution in [0.15, 0.2) is 97.3 Å². The Morgan fingerprint density at radius 3 is 1.44 bits per heavy atom. The van der Waals surface area contributed by atoms with E-state index >= 15 is 0 Å². The number of aromatic nitrogens is 2. The van der Waals surface area contributed by atoms with E-state index in [2.05, 4.69) is 9.97 Å². The Hall–Kier alpha value is -4.40. The smallest absolute Gasteiger partial charge is 0.233 e. The first-order valence-corrected chi connectivity index (χ1v) is 19.9. The lowest BCUT2D eigenvalue weighted by Gasteiger charge is -2.36. The van der Waals surface area contributed by atoms with Gasteiger partial charge in [0.05, 0.1) is 10.8 Å². The third kappa shape index (κ3) is 8.30. The fourth-order valence-electron chi connectivity index (χ4n) is 9.37. The molecule has 0 radical (unpaired) electrons. The number of carbonyl (C=O) groups is 4. The Labute approximate surface area is 327 Å². The summed E-state index contributed by atoms with van der Waals surface area (Å²) in [6.45, 7) is 1.44. The molecule has 280 valence electrons. The highest BCUT2D eigenvalue weighted by Crippen LogP contribution is 2.50. The van der Waals surface area contributed by atoms with Crippen LogP contribution in [0.4, 0.5) is 11.4 Å². The molecule has 2 aliphatic carbocycles. The molecular formula is C44H46Cl2N4O4. The van der Waals surface area contributed by atoms with Crippen LogP contribution in [0.5, 0.6) is 0 Å². The number of Topliss-reactive ketones (excluding diaryl/α,β-unsaturated/α-hetero) is 2. The van der Waals surface area contributed by atoms with Gasteiger partial charge in [0.25, 0.3) is 0 Å². The van der Waals surface area contributed by atoms with Crippen molar-refractivity contribution in [3.8, 4) is 0 Å². The van der Waals surface area contributed by atoms with Crippen molar-refractivity contribution in [2.75, 3.05) is 22.9 Å². The van der Waals surface area contributed by atoms with Crippen molar-refractivity contribution < 1.29 is 19.2 Å². The quantitative estimate of drug-likeness (QED) is 0.166. The lowest BCUT2D eigenvalue weighted by molar-refractivity contribution is -0.128. The molecule has 2 aromatic heterocycles. The molecule has 4 atom stereocenters. The molecule has 10 heteroatoms. The maximum Gasteiger partial charge on any atom is 0.233 e. The molecule has 8 rings (SSSR count). The highest BCUT2D eigenvalue weighted by Gasteiger charge is 2.51. The van der Waals surface area contributed by atoms with Crippen molar-refractivity contribution in [2.24, 2.45) is 22.7 Å². The van der Waals surface area contributed by atoms with Crippen LogP contribution >= 0.6 is 23.2 Å². The molecule has 54 heavy (non-hydrogen) atoms. The second-order valence-electron chi connectivity index (χ2n) is 15.5. The Morgan fingerprint density at radius 1 is 0.611 bits per heavy atom. The lowest BCUT2D eigenvalue weighted by Crippen LogP contribution is -2.38. The van der Waals surface area contributed by atoms with Crippen LogP contribution in [-0.4, -0.2) is 46.4 Å². The SMILES string of the molecule is O=C(C[C@H]1CCC[C@@]2(CCN(c3cccc(Cl)c3)C2=O)C1)c1ccccn1.O=C(C[C@H]1CCC[C@]2(CCN(c3cccc(Cl)c3)C2=O)C1)c1ccccn1. The molecule has 2 saturated carbocycles. The highest BCUT2D eigenvalue weighted by molar-refractivity contribution is 6.31. The number of rotatable bonds is 8. The number of ketones is 2. The molecule has 8 nitrogen and oxygen atoms in total. The first kappa shape index (κ1) is 37.9. The highest BCUT2D eigenvalue weighted by atomic mass is 35.5. The zero-order valence-corrected chi connectivity index (χ0v) is 32.0. The molecule has 2 amide bonds. The van der Waals surface area contributed by atoms with Crippen LogP contribution in [0.3, 0.4) is 0 Å². The Morgan fingerprint density at radius 2 is 1.06 bits per heavy atom. The maximum atomic E-state index is 13.3. The number of amides is 2. The monoisotopic (exact) mass is 764 g/mol. The van der Waals surface area contributed by atoms with E-state index in [0.717, 1.165) is 88.7 Å². The van der Waals surface area contributed by atoms with Gasteiger partial charge in [0.1, 0.15) is 11.4 Å². The number of nitrogens with zero attached hydrogens (tertiary/aromatic N) is 4. The van der Waals surface area contributed by atoms with Gasteiger partial charge in [-0.1, -0.05) is 60.3 Å². The van der Waals surface area contributed by atoms with Crippen LogP contribution in [0, 0.1) is 22.7 Å². The van der Waals surface area contributed by atoms with Crippen LogP contribution in [0.1, 0.15) is 98.0 Å². The standard InChI is InChI=1S/2C22H23ClN2O2/c2*23-17-6-3-7-18(14-17)25-12-10-22(21(25)27)9-4-5-16(15-22)13-20(26)19-8-1-2-11-24-19/h2*1-3,6-8,11,14,16H,4-5,9-10,12-13,15H2/t16-,22+;16-,22-/m11/s1. The number of hydrogen-bond acceptors (Lipinski definition) is 6. The molecule has 4 heterocycles. The van der Waals surface area contributed by atoms with Crippen molar-refractivity contribution in [3.63, 3.8) is 0 Å². The zero-order valence-electron chi connectivity index (χ0n) is 30.5. The van der Waals surface area contributed by atoms with Crippen molar-refractivity contribution in [2.45, 2.75) is 77.0 Å². The van der Waals surface area contributed by atoms with E-state index < -0.39 is 0 Å². The molecule has 0 bridgehead atoms. The van der Waals surface area contributed by atoms with Crippen LogP contribution in [-0.2, 0) is 9.59 Å². The lowest BCUT2D eigenvalue weighted by atomic mass is 9.67. The summed E-state index contributed by atoms with van der Waals surface area (Å²) in [4.78, 5) is 63.7. The second-order valence-corrected chi connectivity index (χ2v) is 16.4. The van der Waals surface area contributed by atoms with Crippen molar-refractivity contribution in [1.29, 1.82) is 0 Å². The summed E-state index contributed by atoms with van der Waals surface area (Å²) in [6.07, 6.45) is 13.4. The summed E-state index contributed by atoms with van der Waals surface area (Å²) >= 11 is 12.2. The Balaban J connectivity index is 0.000000167. The molecule has 4 fully saturated rings. The fourth-order valence-corrected chi connectivity index (χ4v) is 9.74. The normalized spacial score (nSPS) is 25.1. The molecule has 0 unspecified atom stereocenters. The summed E-state index contributed by atoms with van der Waals surface area (Å²) in [6, 6.07) is 25.8. The minimum absolute atomic E-state index is 0.0785. The van der Waals surface area contributed by atoms with Crippen molar-refractivity contribution in [1.82, 2.24) is 9.97 Å². The summed E-state index contributed by atoms with van der Waals surface area (Å²) in [5.74, 6) is 1.04. The molecule has 2 saturated heterocycles. The largest absolute Gasteiger partial charge is 0.312 e. The van der Waals surface area contributed by atoms with E-state index in [4.69, 9.17) is 23.2 Å². The average Bonchev–Trinajstić information content (AvgIpc) is 3.66. The molecule has 2 aromatic carbocycles. The van der Waals surface area contributed by atoms with Crippen LogP contribution < -0.4 is 9.80 Å². The predicted octanol–water partition coefficient (Wildman–Crippen LogP) is 9.84. The molecule has 4 aliphatic rings. The number of pyridine rings is 2. The van der Waals surface area contributed by atoms with Gasteiger partial charge < -0.3 is 9.80 Å². The van der Waals surface area contributed by atoms with E-state index in [9.17, 15) is 19.2 Å². The third-order valence-electron chi connectivity index (χ3n) is 12.0. The van der Waals surface area contributed by atoms with E-state index in [0.29, 0.717) is 34.3 Å². The number of benzene rings is 2. The minimum Gasteiger partial charge on any atom is -0.312 e. The summed E-state index contributed by atoms with van der Waals surface area (Å²) in [7, 11) is 0. The molecule has 0 N–H and O–H groups in total. The zero-order chi connectivity index (χ0) is 37.7. The molecule has 2 spiro atoms. The van der Waals surface area contributed by atoms with Gasteiger partial charge in [-0.05, 0) is 124 Å². The van der Waals surface area contributed by atoms with Gasteiger partial charge in [-0.25, -0.2) is 0 Å².